The van der Waals surface area contributed by atoms with E-state index in [2.05, 4.69) is 57.9 Å². The SMILES string of the molecule is CSNc1cccc(N(Cc2ccc(C#N)cc2)Cc2ccc(Oc3cc(OCCc4cccnc4)cc(C(=O)N4CCOCC4)c3)cc2)c1C. The van der Waals surface area contributed by atoms with E-state index in [1.54, 1.807) is 35.2 Å². The zero-order valence-corrected chi connectivity index (χ0v) is 29.7. The summed E-state index contributed by atoms with van der Waals surface area (Å²) in [5.74, 6) is 1.66. The molecular weight excluding hydrogens is 659 g/mol. The molecule has 6 rings (SSSR count). The molecule has 2 heterocycles. The second-order valence-electron chi connectivity index (χ2n) is 12.2. The monoisotopic (exact) mass is 699 g/mol. The van der Waals surface area contributed by atoms with E-state index in [0.717, 1.165) is 33.6 Å². The number of anilines is 2. The smallest absolute Gasteiger partial charge is 0.254 e. The third kappa shape index (κ3) is 9.60. The van der Waals surface area contributed by atoms with Crippen molar-refractivity contribution in [3.05, 3.63) is 143 Å². The van der Waals surface area contributed by atoms with Crippen LogP contribution in [0.4, 0.5) is 11.4 Å². The molecule has 1 N–H and O–H groups in total. The second kappa shape index (κ2) is 17.4. The van der Waals surface area contributed by atoms with Crippen molar-refractivity contribution in [3.63, 3.8) is 0 Å². The Balaban J connectivity index is 1.21. The molecule has 0 aliphatic carbocycles. The Morgan fingerprint density at radius 1 is 0.922 bits per heavy atom. The molecule has 5 aromatic rings. The molecular formula is C41H41N5O4S. The van der Waals surface area contributed by atoms with Crippen molar-refractivity contribution in [2.24, 2.45) is 0 Å². The van der Waals surface area contributed by atoms with Crippen LogP contribution in [-0.2, 0) is 24.2 Å². The highest BCUT2D eigenvalue weighted by Crippen LogP contribution is 2.32. The lowest BCUT2D eigenvalue weighted by atomic mass is 10.1. The van der Waals surface area contributed by atoms with Crippen molar-refractivity contribution in [1.82, 2.24) is 9.88 Å². The van der Waals surface area contributed by atoms with E-state index in [-0.39, 0.29) is 5.91 Å². The number of morpholine rings is 1. The van der Waals surface area contributed by atoms with E-state index < -0.39 is 0 Å². The van der Waals surface area contributed by atoms with Crippen LogP contribution in [0.3, 0.4) is 0 Å². The number of hydrogen-bond acceptors (Lipinski definition) is 9. The van der Waals surface area contributed by atoms with Gasteiger partial charge in [0.25, 0.3) is 5.91 Å². The van der Waals surface area contributed by atoms with E-state index in [1.165, 1.54) is 0 Å². The molecule has 10 heteroatoms. The normalized spacial score (nSPS) is 12.5. The summed E-state index contributed by atoms with van der Waals surface area (Å²) < 4.78 is 21.3. The molecule has 0 radical (unpaired) electrons. The highest BCUT2D eigenvalue weighted by Gasteiger charge is 2.21. The quantitative estimate of drug-likeness (QED) is 0.115. The summed E-state index contributed by atoms with van der Waals surface area (Å²) in [5.41, 5.74) is 7.79. The Bertz CT molecular complexity index is 1940. The first-order valence-electron chi connectivity index (χ1n) is 16.9. The van der Waals surface area contributed by atoms with Gasteiger partial charge < -0.3 is 28.7 Å². The van der Waals surface area contributed by atoms with Gasteiger partial charge in [-0.3, -0.25) is 9.78 Å². The molecule has 0 bridgehead atoms. The molecule has 1 amide bonds. The minimum absolute atomic E-state index is 0.0781. The number of carbonyl (C=O) groups is 1. The maximum absolute atomic E-state index is 13.5. The summed E-state index contributed by atoms with van der Waals surface area (Å²) in [6, 6.07) is 33.6. The van der Waals surface area contributed by atoms with Gasteiger partial charge >= 0.3 is 0 Å². The van der Waals surface area contributed by atoms with E-state index in [0.29, 0.717) is 80.8 Å². The van der Waals surface area contributed by atoms with E-state index in [9.17, 15) is 10.1 Å². The molecule has 1 aromatic heterocycles. The number of amides is 1. The molecule has 1 fully saturated rings. The van der Waals surface area contributed by atoms with Crippen molar-refractivity contribution in [2.75, 3.05) is 48.8 Å². The third-order valence-electron chi connectivity index (χ3n) is 8.65. The number of nitrogens with zero attached hydrogens (tertiary/aromatic N) is 4. The average Bonchev–Trinajstić information content (AvgIpc) is 3.17. The standard InChI is InChI=1S/C41H41N5O4S/c1-30-39(44-51-2)6-3-7-40(30)46(28-33-10-8-31(26-42)9-11-33)29-34-12-14-36(15-13-34)50-38-24-35(41(47)45-18-21-48-22-19-45)23-37(25-38)49-20-16-32-5-4-17-43-27-32/h3-15,17,23-25,27,44H,16,18-22,28-29H2,1-2H3. The zero-order chi connectivity index (χ0) is 35.4. The number of ether oxygens (including phenoxy) is 3. The second-order valence-corrected chi connectivity index (χ2v) is 12.8. The maximum atomic E-state index is 13.5. The zero-order valence-electron chi connectivity index (χ0n) is 28.9. The number of pyridine rings is 1. The van der Waals surface area contributed by atoms with Gasteiger partial charge in [-0.2, -0.15) is 5.26 Å². The van der Waals surface area contributed by atoms with E-state index in [4.69, 9.17) is 14.2 Å². The highest BCUT2D eigenvalue weighted by molar-refractivity contribution is 7.99. The first kappa shape index (κ1) is 35.3. The fourth-order valence-electron chi connectivity index (χ4n) is 5.96. The van der Waals surface area contributed by atoms with Gasteiger partial charge in [0, 0.05) is 74.3 Å². The van der Waals surface area contributed by atoms with Crippen LogP contribution in [0, 0.1) is 18.3 Å². The number of hydrogen-bond donors (Lipinski definition) is 1. The largest absolute Gasteiger partial charge is 0.493 e. The Hall–Kier alpha value is -5.50. The molecule has 0 unspecified atom stereocenters. The lowest BCUT2D eigenvalue weighted by Crippen LogP contribution is -2.40. The Kier molecular flexibility index (Phi) is 12.1. The van der Waals surface area contributed by atoms with Crippen LogP contribution in [0.1, 0.15) is 38.2 Å². The van der Waals surface area contributed by atoms with Gasteiger partial charge in [-0.1, -0.05) is 48.3 Å². The van der Waals surface area contributed by atoms with Gasteiger partial charge in [-0.05, 0) is 83.8 Å². The summed E-state index contributed by atoms with van der Waals surface area (Å²) in [4.78, 5) is 21.8. The summed E-state index contributed by atoms with van der Waals surface area (Å²) in [5, 5.41) is 9.29. The molecule has 1 aliphatic heterocycles. The fraction of sp³-hybridized carbons (Fsp3) is 0.244. The molecule has 260 valence electrons. The topological polar surface area (TPSA) is 100.0 Å². The minimum atomic E-state index is -0.0781. The van der Waals surface area contributed by atoms with Gasteiger partial charge in [0.05, 0.1) is 31.5 Å². The van der Waals surface area contributed by atoms with Gasteiger partial charge in [0.1, 0.15) is 17.2 Å². The van der Waals surface area contributed by atoms with Crippen LogP contribution in [0.2, 0.25) is 0 Å². The first-order chi connectivity index (χ1) is 25.0. The van der Waals surface area contributed by atoms with Gasteiger partial charge in [0.15, 0.2) is 0 Å². The van der Waals surface area contributed by atoms with Crippen LogP contribution in [-0.4, -0.2) is 55.0 Å². The first-order valence-corrected chi connectivity index (χ1v) is 18.1. The number of carbonyl (C=O) groups excluding carboxylic acids is 1. The van der Waals surface area contributed by atoms with E-state index >= 15 is 0 Å². The number of rotatable bonds is 14. The molecule has 0 saturated carbocycles. The number of aromatic nitrogens is 1. The van der Waals surface area contributed by atoms with Crippen LogP contribution in [0.5, 0.6) is 17.2 Å². The Labute approximate surface area is 303 Å². The predicted octanol–water partition coefficient (Wildman–Crippen LogP) is 8.04. The average molecular weight is 700 g/mol. The molecule has 51 heavy (non-hydrogen) atoms. The van der Waals surface area contributed by atoms with Crippen molar-refractivity contribution >= 4 is 29.2 Å². The van der Waals surface area contributed by atoms with Crippen molar-refractivity contribution in [1.29, 1.82) is 5.26 Å². The third-order valence-corrected chi connectivity index (χ3v) is 9.08. The summed E-state index contributed by atoms with van der Waals surface area (Å²) >= 11 is 1.57. The molecule has 9 nitrogen and oxygen atoms in total. The van der Waals surface area contributed by atoms with Crippen LogP contribution < -0.4 is 19.1 Å². The molecule has 1 aliphatic rings. The predicted molar refractivity (Wildman–Crippen MR) is 202 cm³/mol. The van der Waals surface area contributed by atoms with Crippen LogP contribution in [0.15, 0.2) is 109 Å². The Morgan fingerprint density at radius 3 is 2.33 bits per heavy atom. The molecule has 4 aromatic carbocycles. The molecule has 1 saturated heterocycles. The van der Waals surface area contributed by atoms with E-state index in [1.807, 2.05) is 67.0 Å². The number of nitrogens with one attached hydrogen (secondary N) is 1. The van der Waals surface area contributed by atoms with Gasteiger partial charge in [-0.25, -0.2) is 0 Å². The number of benzene rings is 4. The van der Waals surface area contributed by atoms with Crippen LogP contribution in [0.25, 0.3) is 0 Å². The molecule has 0 spiro atoms. The Morgan fingerprint density at radius 2 is 1.65 bits per heavy atom. The summed E-state index contributed by atoms with van der Waals surface area (Å²) in [6.45, 7) is 6.02. The molecule has 0 atom stereocenters. The summed E-state index contributed by atoms with van der Waals surface area (Å²) in [6.07, 6.45) is 6.28. The highest BCUT2D eigenvalue weighted by atomic mass is 32.2. The van der Waals surface area contributed by atoms with Crippen LogP contribution >= 0.6 is 11.9 Å². The van der Waals surface area contributed by atoms with Gasteiger partial charge in [0.2, 0.25) is 0 Å². The van der Waals surface area contributed by atoms with Gasteiger partial charge in [-0.15, -0.1) is 0 Å². The van der Waals surface area contributed by atoms with Crippen molar-refractivity contribution in [2.45, 2.75) is 26.4 Å². The summed E-state index contributed by atoms with van der Waals surface area (Å²) in [7, 11) is 0. The van der Waals surface area contributed by atoms with Crippen molar-refractivity contribution < 1.29 is 19.0 Å². The van der Waals surface area contributed by atoms with Crippen molar-refractivity contribution in [3.8, 4) is 23.3 Å². The lowest BCUT2D eigenvalue weighted by Gasteiger charge is -2.28. The number of nitriles is 1. The lowest BCUT2D eigenvalue weighted by molar-refractivity contribution is 0.0302. The fourth-order valence-corrected chi connectivity index (χ4v) is 6.40. The maximum Gasteiger partial charge on any atom is 0.254 e. The minimum Gasteiger partial charge on any atom is -0.493 e.